The van der Waals surface area contributed by atoms with Crippen LogP contribution in [-0.2, 0) is 22.4 Å². The second-order valence-corrected chi connectivity index (χ2v) is 11.3. The first-order valence-electron chi connectivity index (χ1n) is 14.4. The van der Waals surface area contributed by atoms with Crippen molar-refractivity contribution in [2.45, 2.75) is 75.7 Å². The summed E-state index contributed by atoms with van der Waals surface area (Å²) in [6.07, 6.45) is 5.88. The molecule has 2 aromatic rings. The molecular weight excluding hydrogens is 480 g/mol. The zero-order chi connectivity index (χ0) is 25.9. The number of aliphatic hydroxyl groups excluding tert-OH is 1. The van der Waals surface area contributed by atoms with Crippen molar-refractivity contribution >= 4 is 5.91 Å². The highest BCUT2D eigenvalue weighted by Crippen LogP contribution is 2.37. The molecule has 4 bridgehead atoms. The molecule has 2 aromatic carbocycles. The van der Waals surface area contributed by atoms with Gasteiger partial charge in [-0.3, -0.25) is 9.69 Å². The molecule has 4 heterocycles. The predicted octanol–water partition coefficient (Wildman–Crippen LogP) is 3.80. The van der Waals surface area contributed by atoms with Crippen LogP contribution in [0.15, 0.2) is 42.5 Å². The summed E-state index contributed by atoms with van der Waals surface area (Å²) in [6.45, 7) is 5.13. The van der Waals surface area contributed by atoms with Gasteiger partial charge < -0.3 is 24.2 Å². The summed E-state index contributed by atoms with van der Waals surface area (Å²) in [5.41, 5.74) is 4.25. The number of piperidine rings is 1. The van der Waals surface area contributed by atoms with Crippen molar-refractivity contribution < 1.29 is 24.1 Å². The summed E-state index contributed by atoms with van der Waals surface area (Å²) in [6, 6.07) is 15.5. The highest BCUT2D eigenvalue weighted by molar-refractivity contribution is 5.95. The number of benzene rings is 2. The van der Waals surface area contributed by atoms with Gasteiger partial charge in [0, 0.05) is 56.4 Å². The number of ether oxygens (including phenoxy) is 3. The third kappa shape index (κ3) is 5.76. The molecule has 2 atom stereocenters. The Bertz CT molecular complexity index is 1100. The smallest absolute Gasteiger partial charge is 0.254 e. The van der Waals surface area contributed by atoms with Gasteiger partial charge in [0.2, 0.25) is 0 Å². The van der Waals surface area contributed by atoms with E-state index in [0.717, 1.165) is 63.3 Å². The largest absolute Gasteiger partial charge is 0.491 e. The van der Waals surface area contributed by atoms with Gasteiger partial charge in [-0.05, 0) is 73.4 Å². The molecule has 38 heavy (non-hydrogen) atoms. The van der Waals surface area contributed by atoms with Crippen molar-refractivity contribution in [3.8, 4) is 5.75 Å². The molecule has 4 aliphatic heterocycles. The molecule has 0 saturated carbocycles. The number of nitrogens with zero attached hydrogens (tertiary/aromatic N) is 2. The molecule has 1 amide bonds. The molecule has 1 N–H and O–H groups in total. The highest BCUT2D eigenvalue weighted by atomic mass is 16.5. The summed E-state index contributed by atoms with van der Waals surface area (Å²) >= 11 is 0. The molecule has 7 nitrogen and oxygen atoms in total. The van der Waals surface area contributed by atoms with E-state index in [0.29, 0.717) is 50.7 Å². The number of amides is 1. The normalized spacial score (nSPS) is 27.3. The molecule has 0 aliphatic carbocycles. The van der Waals surface area contributed by atoms with Crippen LogP contribution in [-0.4, -0.2) is 84.6 Å². The number of hydrogen-bond donors (Lipinski definition) is 1. The van der Waals surface area contributed by atoms with Crippen LogP contribution < -0.4 is 4.74 Å². The Labute approximate surface area is 225 Å². The van der Waals surface area contributed by atoms with Gasteiger partial charge in [0.25, 0.3) is 5.91 Å². The molecule has 0 aromatic heterocycles. The van der Waals surface area contributed by atoms with E-state index in [1.54, 1.807) is 0 Å². The predicted molar refractivity (Wildman–Crippen MR) is 144 cm³/mol. The Balaban J connectivity index is 1.25. The van der Waals surface area contributed by atoms with E-state index in [-0.39, 0.29) is 24.1 Å². The van der Waals surface area contributed by atoms with E-state index in [4.69, 9.17) is 14.2 Å². The van der Waals surface area contributed by atoms with Gasteiger partial charge in [-0.2, -0.15) is 0 Å². The van der Waals surface area contributed by atoms with Gasteiger partial charge in [-0.1, -0.05) is 24.3 Å². The van der Waals surface area contributed by atoms with Gasteiger partial charge in [0.05, 0.1) is 19.3 Å². The second-order valence-electron chi connectivity index (χ2n) is 11.3. The number of aliphatic hydroxyl groups is 1. The van der Waals surface area contributed by atoms with Crippen molar-refractivity contribution in [3.63, 3.8) is 0 Å². The van der Waals surface area contributed by atoms with Crippen LogP contribution in [0.5, 0.6) is 5.75 Å². The quantitative estimate of drug-likeness (QED) is 0.650. The molecule has 2 unspecified atom stereocenters. The minimum absolute atomic E-state index is 0.0794. The van der Waals surface area contributed by atoms with Crippen molar-refractivity contribution in [2.24, 2.45) is 0 Å². The molecular formula is C31H40N2O5. The van der Waals surface area contributed by atoms with Gasteiger partial charge in [-0.15, -0.1) is 0 Å². The number of hydrogen-bond acceptors (Lipinski definition) is 6. The number of fused-ring (bicyclic) bond motifs is 5. The first kappa shape index (κ1) is 25.8. The zero-order valence-electron chi connectivity index (χ0n) is 22.2. The fourth-order valence-corrected chi connectivity index (χ4v) is 6.85. The maximum atomic E-state index is 13.6. The Morgan fingerprint density at radius 1 is 0.816 bits per heavy atom. The standard InChI is InChI=1S/C31H40N2O5/c34-29-19-27-5-6-28(20-29)33(27)31(35)24-4-7-30-25(18-24)17-22-2-1-3-23(16-22)21-32(10-13-37-14-15-38-30)26-8-11-36-12-9-26/h1-4,7,16,18,26-29,34H,5-6,8-15,17,19-21H2. The number of carbonyl (C=O) groups is 1. The summed E-state index contributed by atoms with van der Waals surface area (Å²) in [5, 5.41) is 10.2. The van der Waals surface area contributed by atoms with Crippen LogP contribution >= 0.6 is 0 Å². The minimum Gasteiger partial charge on any atom is -0.491 e. The van der Waals surface area contributed by atoms with E-state index < -0.39 is 0 Å². The van der Waals surface area contributed by atoms with E-state index in [1.807, 2.05) is 23.1 Å². The first-order valence-corrected chi connectivity index (χ1v) is 14.4. The van der Waals surface area contributed by atoms with Crippen molar-refractivity contribution in [1.29, 1.82) is 0 Å². The summed E-state index contributed by atoms with van der Waals surface area (Å²) < 4.78 is 17.8. The molecule has 0 radical (unpaired) electrons. The van der Waals surface area contributed by atoms with Crippen LogP contribution in [0.25, 0.3) is 0 Å². The lowest BCUT2D eigenvalue weighted by molar-refractivity contribution is 0.0133. The summed E-state index contributed by atoms with van der Waals surface area (Å²) in [5.74, 6) is 0.893. The molecule has 0 spiro atoms. The average Bonchev–Trinajstić information content (AvgIpc) is 3.21. The maximum Gasteiger partial charge on any atom is 0.254 e. The molecule has 6 rings (SSSR count). The Morgan fingerprint density at radius 2 is 1.58 bits per heavy atom. The molecule has 204 valence electrons. The third-order valence-corrected chi connectivity index (χ3v) is 8.74. The van der Waals surface area contributed by atoms with Gasteiger partial charge in [-0.25, -0.2) is 0 Å². The lowest BCUT2D eigenvalue weighted by Gasteiger charge is -2.37. The van der Waals surface area contributed by atoms with Crippen LogP contribution in [0.2, 0.25) is 0 Å². The maximum absolute atomic E-state index is 13.6. The summed E-state index contributed by atoms with van der Waals surface area (Å²) in [7, 11) is 0. The first-order chi connectivity index (χ1) is 18.6. The van der Waals surface area contributed by atoms with Crippen LogP contribution in [0.1, 0.15) is 65.6 Å². The molecule has 7 heteroatoms. The monoisotopic (exact) mass is 520 g/mol. The third-order valence-electron chi connectivity index (χ3n) is 8.74. The van der Waals surface area contributed by atoms with Crippen molar-refractivity contribution in [1.82, 2.24) is 9.80 Å². The Kier molecular flexibility index (Phi) is 7.97. The minimum atomic E-state index is -0.286. The lowest BCUT2D eigenvalue weighted by Crippen LogP contribution is -2.48. The lowest BCUT2D eigenvalue weighted by atomic mass is 9.96. The Hall–Kier alpha value is -2.45. The fraction of sp³-hybridized carbons (Fsp3) is 0.581. The van der Waals surface area contributed by atoms with Gasteiger partial charge in [0.15, 0.2) is 0 Å². The van der Waals surface area contributed by atoms with Crippen LogP contribution in [0, 0.1) is 0 Å². The van der Waals surface area contributed by atoms with Crippen LogP contribution in [0.4, 0.5) is 0 Å². The van der Waals surface area contributed by atoms with Gasteiger partial charge >= 0.3 is 0 Å². The van der Waals surface area contributed by atoms with Crippen molar-refractivity contribution in [3.05, 3.63) is 64.7 Å². The number of rotatable bonds is 2. The van der Waals surface area contributed by atoms with E-state index in [1.165, 1.54) is 11.1 Å². The molecule has 4 aliphatic rings. The van der Waals surface area contributed by atoms with E-state index in [9.17, 15) is 9.90 Å². The average molecular weight is 521 g/mol. The Morgan fingerprint density at radius 3 is 2.39 bits per heavy atom. The highest BCUT2D eigenvalue weighted by Gasteiger charge is 2.43. The van der Waals surface area contributed by atoms with Crippen LogP contribution in [0.3, 0.4) is 0 Å². The van der Waals surface area contributed by atoms with E-state index >= 15 is 0 Å². The SMILES string of the molecule is O=C(c1ccc2c(c1)Cc1cccc(c1)CN(C1CCOCC1)CCOCCO2)N1C2CCC1CC(O)C2. The van der Waals surface area contributed by atoms with Crippen molar-refractivity contribution in [2.75, 3.05) is 39.6 Å². The fourth-order valence-electron chi connectivity index (χ4n) is 6.85. The zero-order valence-corrected chi connectivity index (χ0v) is 22.2. The second kappa shape index (κ2) is 11.7. The topological polar surface area (TPSA) is 71.5 Å². The molecule has 3 saturated heterocycles. The molecule has 3 fully saturated rings. The van der Waals surface area contributed by atoms with Gasteiger partial charge in [0.1, 0.15) is 12.4 Å². The summed E-state index contributed by atoms with van der Waals surface area (Å²) in [4.78, 5) is 18.2. The number of carbonyl (C=O) groups excluding carboxylic acids is 1. The van der Waals surface area contributed by atoms with E-state index in [2.05, 4.69) is 29.2 Å².